The molecule has 0 bridgehead atoms. The van der Waals surface area contributed by atoms with E-state index in [1.165, 1.54) is 50.1 Å². The number of nitro groups is 1. The maximum absolute atomic E-state index is 10.5. The molecule has 0 unspecified atom stereocenters. The number of nitrogens with zero attached hydrogens (tertiary/aromatic N) is 2. The molecule has 7 aromatic carbocycles. The lowest BCUT2D eigenvalue weighted by molar-refractivity contribution is -0.385. The SMILES string of the molecule is O=[N+]([O-])c1cccc(S(=O)(=O)O)c1.c1ccc(OCCc2ccccc2CN(c2ccc3ccccc3c2)c2ccc3ccccc3c2)cc1. The number of benzene rings is 7. The van der Waals surface area contributed by atoms with Gasteiger partial charge in [0, 0.05) is 36.5 Å². The molecule has 7 aromatic rings. The lowest BCUT2D eigenvalue weighted by Gasteiger charge is -2.27. The number of hydrogen-bond donors (Lipinski definition) is 1. The second-order valence-corrected chi connectivity index (χ2v) is 13.0. The minimum Gasteiger partial charge on any atom is -0.493 e. The summed E-state index contributed by atoms with van der Waals surface area (Å²) in [4.78, 5) is 11.4. The Kier molecular flexibility index (Phi) is 10.5. The summed E-state index contributed by atoms with van der Waals surface area (Å²) in [5, 5.41) is 15.2. The molecule has 0 aliphatic carbocycles. The first-order chi connectivity index (χ1) is 24.2. The summed E-state index contributed by atoms with van der Waals surface area (Å²) in [5.74, 6) is 0.911. The fourth-order valence-electron chi connectivity index (χ4n) is 5.70. The fourth-order valence-corrected chi connectivity index (χ4v) is 6.22. The van der Waals surface area contributed by atoms with Gasteiger partial charge in [0.15, 0.2) is 0 Å². The van der Waals surface area contributed by atoms with Crippen LogP contribution >= 0.6 is 0 Å². The van der Waals surface area contributed by atoms with Gasteiger partial charge in [0.25, 0.3) is 15.8 Å². The molecule has 0 radical (unpaired) electrons. The Morgan fingerprint density at radius 1 is 0.600 bits per heavy atom. The Balaban J connectivity index is 0.000000281. The van der Waals surface area contributed by atoms with Crippen molar-refractivity contribution < 1.29 is 22.6 Å². The molecule has 0 atom stereocenters. The van der Waals surface area contributed by atoms with Gasteiger partial charge in [-0.15, -0.1) is 0 Å². The minimum absolute atomic E-state index is 0.380. The smallest absolute Gasteiger partial charge is 0.294 e. The average Bonchev–Trinajstić information content (AvgIpc) is 3.14. The highest BCUT2D eigenvalue weighted by Gasteiger charge is 2.15. The van der Waals surface area contributed by atoms with Crippen LogP contribution in [0.4, 0.5) is 17.1 Å². The van der Waals surface area contributed by atoms with Crippen molar-refractivity contribution in [3.8, 4) is 5.75 Å². The fraction of sp³-hybridized carbons (Fsp3) is 0.0732. The first-order valence-corrected chi connectivity index (χ1v) is 17.4. The van der Waals surface area contributed by atoms with Gasteiger partial charge in [0.2, 0.25) is 0 Å². The number of nitro benzene ring substituents is 1. The molecule has 8 nitrogen and oxygen atoms in total. The molecule has 250 valence electrons. The van der Waals surface area contributed by atoms with Gasteiger partial charge in [0.05, 0.1) is 11.5 Å². The molecule has 0 saturated carbocycles. The van der Waals surface area contributed by atoms with Crippen LogP contribution in [-0.4, -0.2) is 24.5 Å². The van der Waals surface area contributed by atoms with Gasteiger partial charge in [-0.1, -0.05) is 109 Å². The van der Waals surface area contributed by atoms with Gasteiger partial charge in [-0.05, 0) is 75.1 Å². The summed E-state index contributed by atoms with van der Waals surface area (Å²) >= 11 is 0. The predicted molar refractivity (Wildman–Crippen MR) is 199 cm³/mol. The molecule has 1 N–H and O–H groups in total. The zero-order chi connectivity index (χ0) is 34.9. The topological polar surface area (TPSA) is 110 Å². The highest BCUT2D eigenvalue weighted by molar-refractivity contribution is 7.85. The van der Waals surface area contributed by atoms with E-state index in [-0.39, 0.29) is 5.69 Å². The number of anilines is 2. The van der Waals surface area contributed by atoms with Crippen LogP contribution in [-0.2, 0) is 23.1 Å². The van der Waals surface area contributed by atoms with Crippen molar-refractivity contribution in [1.82, 2.24) is 0 Å². The van der Waals surface area contributed by atoms with Crippen molar-refractivity contribution >= 4 is 48.7 Å². The highest BCUT2D eigenvalue weighted by Crippen LogP contribution is 2.33. The minimum atomic E-state index is -4.36. The van der Waals surface area contributed by atoms with E-state index in [1.807, 2.05) is 30.3 Å². The summed E-state index contributed by atoms with van der Waals surface area (Å²) in [6, 6.07) is 53.6. The molecule has 0 saturated heterocycles. The molecule has 0 fully saturated rings. The third-order valence-electron chi connectivity index (χ3n) is 8.25. The van der Waals surface area contributed by atoms with Crippen LogP contribution in [0, 0.1) is 10.1 Å². The Bertz CT molecular complexity index is 2280. The standard InChI is InChI=1S/C35H29NO.C6H5NO5S/c1-2-16-35(17-3-1)37-23-22-29-12-6-9-15-32(29)26-36(33-20-18-27-10-4-7-13-30(27)24-33)34-21-19-28-11-5-8-14-31(28)25-34;8-7(9)5-2-1-3-6(4-5)13(10,11)12/h1-21,24-25H,22-23,26H2;1-4H,(H,10,11,12). The summed E-state index contributed by atoms with van der Waals surface area (Å²) < 4.78 is 35.6. The highest BCUT2D eigenvalue weighted by atomic mass is 32.2. The zero-order valence-electron chi connectivity index (χ0n) is 27.0. The normalized spacial score (nSPS) is 11.1. The van der Waals surface area contributed by atoms with Crippen LogP contribution < -0.4 is 9.64 Å². The van der Waals surface area contributed by atoms with E-state index in [1.54, 1.807) is 0 Å². The van der Waals surface area contributed by atoms with E-state index < -0.39 is 19.9 Å². The lowest BCUT2D eigenvalue weighted by atomic mass is 10.0. The number of non-ortho nitro benzene ring substituents is 1. The van der Waals surface area contributed by atoms with Crippen molar-refractivity contribution in [2.24, 2.45) is 0 Å². The van der Waals surface area contributed by atoms with E-state index in [4.69, 9.17) is 9.29 Å². The molecule has 0 aliphatic rings. The third-order valence-corrected chi connectivity index (χ3v) is 9.10. The third kappa shape index (κ3) is 8.51. The van der Waals surface area contributed by atoms with Crippen LogP contribution in [0.5, 0.6) is 5.75 Å². The van der Waals surface area contributed by atoms with Crippen LogP contribution in [0.1, 0.15) is 11.1 Å². The van der Waals surface area contributed by atoms with E-state index in [0.29, 0.717) is 6.61 Å². The van der Waals surface area contributed by atoms with Crippen molar-refractivity contribution in [2.45, 2.75) is 17.9 Å². The Hall–Kier alpha value is -6.03. The quantitative estimate of drug-likeness (QED) is 0.0869. The average molecular weight is 683 g/mol. The van der Waals surface area contributed by atoms with E-state index in [2.05, 4.69) is 114 Å². The number of rotatable bonds is 10. The molecular formula is C41H34N2O6S. The molecule has 9 heteroatoms. The monoisotopic (exact) mass is 682 g/mol. The first kappa shape index (κ1) is 33.9. The molecule has 0 heterocycles. The van der Waals surface area contributed by atoms with Crippen molar-refractivity contribution in [3.05, 3.63) is 185 Å². The molecule has 0 aliphatic heterocycles. The lowest BCUT2D eigenvalue weighted by Crippen LogP contribution is -2.18. The van der Waals surface area contributed by atoms with Crippen LogP contribution in [0.25, 0.3) is 21.5 Å². The number of para-hydroxylation sites is 1. The Labute approximate surface area is 290 Å². The van der Waals surface area contributed by atoms with Gasteiger partial charge < -0.3 is 9.64 Å². The van der Waals surface area contributed by atoms with Crippen molar-refractivity contribution in [2.75, 3.05) is 11.5 Å². The van der Waals surface area contributed by atoms with Crippen LogP contribution in [0.2, 0.25) is 0 Å². The summed E-state index contributed by atoms with van der Waals surface area (Å²) in [6.45, 7) is 1.42. The Morgan fingerprint density at radius 3 is 1.72 bits per heavy atom. The van der Waals surface area contributed by atoms with Gasteiger partial charge in [0.1, 0.15) is 10.6 Å². The molecular weight excluding hydrogens is 649 g/mol. The summed E-state index contributed by atoms with van der Waals surface area (Å²) in [5.41, 5.74) is 4.61. The van der Waals surface area contributed by atoms with E-state index in [0.717, 1.165) is 36.9 Å². The van der Waals surface area contributed by atoms with E-state index >= 15 is 0 Å². The van der Waals surface area contributed by atoms with Crippen molar-refractivity contribution in [1.29, 1.82) is 0 Å². The number of hydrogen-bond acceptors (Lipinski definition) is 6. The molecule has 0 aromatic heterocycles. The molecule has 50 heavy (non-hydrogen) atoms. The second-order valence-electron chi connectivity index (χ2n) is 11.6. The first-order valence-electron chi connectivity index (χ1n) is 16.0. The van der Waals surface area contributed by atoms with Gasteiger partial charge >= 0.3 is 0 Å². The Morgan fingerprint density at radius 2 is 1.14 bits per heavy atom. The van der Waals surface area contributed by atoms with Gasteiger partial charge in [-0.3, -0.25) is 14.7 Å². The van der Waals surface area contributed by atoms with Gasteiger partial charge in [-0.25, -0.2) is 0 Å². The van der Waals surface area contributed by atoms with Crippen molar-refractivity contribution in [3.63, 3.8) is 0 Å². The second kappa shape index (κ2) is 15.5. The molecule has 0 spiro atoms. The maximum atomic E-state index is 10.5. The maximum Gasteiger partial charge on any atom is 0.294 e. The van der Waals surface area contributed by atoms with E-state index in [9.17, 15) is 18.5 Å². The number of ether oxygens (including phenoxy) is 1. The largest absolute Gasteiger partial charge is 0.493 e. The zero-order valence-corrected chi connectivity index (χ0v) is 27.8. The summed E-state index contributed by atoms with van der Waals surface area (Å²) in [6.07, 6.45) is 0.856. The molecule has 7 rings (SSSR count). The van der Waals surface area contributed by atoms with Crippen LogP contribution in [0.15, 0.2) is 169 Å². The summed E-state index contributed by atoms with van der Waals surface area (Å²) in [7, 11) is -4.36. The van der Waals surface area contributed by atoms with Crippen LogP contribution in [0.3, 0.4) is 0 Å². The van der Waals surface area contributed by atoms with Gasteiger partial charge in [-0.2, -0.15) is 8.42 Å². The number of fused-ring (bicyclic) bond motifs is 2. The predicted octanol–water partition coefficient (Wildman–Crippen LogP) is 9.79. The molecule has 0 amide bonds.